The van der Waals surface area contributed by atoms with Crippen LogP contribution in [0.15, 0.2) is 71.8 Å². The van der Waals surface area contributed by atoms with Gasteiger partial charge in [0, 0.05) is 5.56 Å². The van der Waals surface area contributed by atoms with Crippen molar-refractivity contribution in [1.29, 1.82) is 0 Å². The Bertz CT molecular complexity index is 616. The lowest BCUT2D eigenvalue weighted by Gasteiger charge is -1.99. The van der Waals surface area contributed by atoms with Crippen LogP contribution in [0.5, 0.6) is 0 Å². The number of hydrogen-bond acceptors (Lipinski definition) is 2. The van der Waals surface area contributed by atoms with Gasteiger partial charge in [-0.2, -0.15) is 5.10 Å². The second-order valence-corrected chi connectivity index (χ2v) is 4.30. The Balaban J connectivity index is 1.95. The fourth-order valence-corrected chi connectivity index (χ4v) is 1.61. The fraction of sp³-hybridized carbons (Fsp3) is 0.0588. The van der Waals surface area contributed by atoms with Gasteiger partial charge in [0.25, 0.3) is 5.91 Å². The summed E-state index contributed by atoms with van der Waals surface area (Å²) < 4.78 is 0. The molecule has 0 saturated heterocycles. The number of carbonyl (C=O) groups excluding carboxylic acids is 1. The van der Waals surface area contributed by atoms with E-state index < -0.39 is 0 Å². The van der Waals surface area contributed by atoms with Crippen LogP contribution >= 0.6 is 0 Å². The van der Waals surface area contributed by atoms with E-state index in [9.17, 15) is 4.79 Å². The highest BCUT2D eigenvalue weighted by molar-refractivity contribution is 5.99. The van der Waals surface area contributed by atoms with E-state index in [1.165, 1.54) is 0 Å². The number of amides is 1. The molecule has 0 bridgehead atoms. The molecule has 0 aliphatic carbocycles. The van der Waals surface area contributed by atoms with Gasteiger partial charge >= 0.3 is 0 Å². The average Bonchev–Trinajstić information content (AvgIpc) is 2.52. The standard InChI is InChI=1S/C17H16N2O/c1-14(12-13-15-8-4-2-5-9-15)18-19-17(20)16-10-6-3-7-11-16/h2-13H,1H3,(H,19,20)/b13-12-,18-14+. The molecule has 1 amide bonds. The Morgan fingerprint density at radius 3 is 2.25 bits per heavy atom. The molecule has 0 saturated carbocycles. The number of nitrogens with one attached hydrogen (secondary N) is 1. The van der Waals surface area contributed by atoms with E-state index in [2.05, 4.69) is 10.5 Å². The molecule has 3 nitrogen and oxygen atoms in total. The molecule has 0 unspecified atom stereocenters. The third-order valence-corrected chi connectivity index (χ3v) is 2.69. The van der Waals surface area contributed by atoms with Crippen molar-refractivity contribution < 1.29 is 4.79 Å². The van der Waals surface area contributed by atoms with Crippen molar-refractivity contribution in [3.63, 3.8) is 0 Å². The molecule has 0 atom stereocenters. The van der Waals surface area contributed by atoms with Gasteiger partial charge in [-0.3, -0.25) is 4.79 Å². The van der Waals surface area contributed by atoms with Crippen LogP contribution < -0.4 is 5.43 Å². The minimum atomic E-state index is -0.210. The van der Waals surface area contributed by atoms with Crippen molar-refractivity contribution in [2.45, 2.75) is 6.92 Å². The Kier molecular flexibility index (Phi) is 4.84. The highest BCUT2D eigenvalue weighted by atomic mass is 16.2. The average molecular weight is 264 g/mol. The van der Waals surface area contributed by atoms with E-state index in [1.54, 1.807) is 12.1 Å². The Morgan fingerprint density at radius 1 is 1.00 bits per heavy atom. The highest BCUT2D eigenvalue weighted by Crippen LogP contribution is 2.01. The smallest absolute Gasteiger partial charge is 0.267 e. The summed E-state index contributed by atoms with van der Waals surface area (Å²) in [5.74, 6) is -0.210. The van der Waals surface area contributed by atoms with Gasteiger partial charge < -0.3 is 0 Å². The second-order valence-electron chi connectivity index (χ2n) is 4.30. The van der Waals surface area contributed by atoms with Gasteiger partial charge in [-0.1, -0.05) is 54.6 Å². The Hall–Kier alpha value is -2.68. The van der Waals surface area contributed by atoms with Crippen molar-refractivity contribution in [3.05, 3.63) is 77.9 Å². The summed E-state index contributed by atoms with van der Waals surface area (Å²) in [4.78, 5) is 11.8. The predicted molar refractivity (Wildman–Crippen MR) is 82.5 cm³/mol. The van der Waals surface area contributed by atoms with Gasteiger partial charge in [-0.05, 0) is 30.7 Å². The monoisotopic (exact) mass is 264 g/mol. The first-order valence-corrected chi connectivity index (χ1v) is 6.38. The molecule has 3 heteroatoms. The van der Waals surface area contributed by atoms with Gasteiger partial charge in [0.15, 0.2) is 0 Å². The maximum atomic E-state index is 11.8. The number of rotatable bonds is 4. The number of hydrogen-bond donors (Lipinski definition) is 1. The van der Waals surface area contributed by atoms with Crippen molar-refractivity contribution >= 4 is 17.7 Å². The van der Waals surface area contributed by atoms with E-state index in [1.807, 2.05) is 67.6 Å². The molecule has 1 N–H and O–H groups in total. The van der Waals surface area contributed by atoms with Crippen LogP contribution in [0.25, 0.3) is 6.08 Å². The fourth-order valence-electron chi connectivity index (χ4n) is 1.61. The summed E-state index contributed by atoms with van der Waals surface area (Å²) in [7, 11) is 0. The maximum absolute atomic E-state index is 11.8. The molecular formula is C17H16N2O. The summed E-state index contributed by atoms with van der Waals surface area (Å²) in [6, 6.07) is 18.9. The van der Waals surface area contributed by atoms with Crippen LogP contribution in [0, 0.1) is 0 Å². The van der Waals surface area contributed by atoms with E-state index in [0.29, 0.717) is 5.56 Å². The molecule has 0 aliphatic rings. The molecule has 2 aromatic rings. The first-order valence-electron chi connectivity index (χ1n) is 6.38. The first-order chi connectivity index (χ1) is 9.75. The lowest BCUT2D eigenvalue weighted by atomic mass is 10.2. The number of carbonyl (C=O) groups is 1. The molecule has 100 valence electrons. The molecule has 0 heterocycles. The maximum Gasteiger partial charge on any atom is 0.271 e. The minimum Gasteiger partial charge on any atom is -0.267 e. The third kappa shape index (κ3) is 4.21. The normalized spacial score (nSPS) is 11.6. The van der Waals surface area contributed by atoms with E-state index >= 15 is 0 Å². The predicted octanol–water partition coefficient (Wildman–Crippen LogP) is 3.51. The van der Waals surface area contributed by atoms with Crippen molar-refractivity contribution in [2.24, 2.45) is 5.10 Å². The molecule has 20 heavy (non-hydrogen) atoms. The Morgan fingerprint density at radius 2 is 1.60 bits per heavy atom. The number of hydrazone groups is 1. The van der Waals surface area contributed by atoms with Crippen LogP contribution in [0.1, 0.15) is 22.8 Å². The molecule has 0 aromatic heterocycles. The van der Waals surface area contributed by atoms with Gasteiger partial charge in [0.1, 0.15) is 0 Å². The quantitative estimate of drug-likeness (QED) is 0.666. The van der Waals surface area contributed by atoms with Crippen molar-refractivity contribution in [1.82, 2.24) is 5.43 Å². The summed E-state index contributed by atoms with van der Waals surface area (Å²) in [6.07, 6.45) is 3.81. The van der Waals surface area contributed by atoms with Crippen LogP contribution in [0.4, 0.5) is 0 Å². The van der Waals surface area contributed by atoms with E-state index in [-0.39, 0.29) is 5.91 Å². The number of allylic oxidation sites excluding steroid dienone is 1. The molecule has 0 radical (unpaired) electrons. The number of nitrogens with zero attached hydrogens (tertiary/aromatic N) is 1. The molecule has 0 spiro atoms. The minimum absolute atomic E-state index is 0.210. The molecule has 0 fully saturated rings. The lowest BCUT2D eigenvalue weighted by Crippen LogP contribution is -2.18. The first kappa shape index (κ1) is 13.7. The zero-order valence-corrected chi connectivity index (χ0v) is 11.3. The summed E-state index contributed by atoms with van der Waals surface area (Å²) in [6.45, 7) is 1.84. The van der Waals surface area contributed by atoms with Gasteiger partial charge in [0.2, 0.25) is 0 Å². The van der Waals surface area contributed by atoms with E-state index in [4.69, 9.17) is 0 Å². The van der Waals surface area contributed by atoms with Crippen LogP contribution in [0.2, 0.25) is 0 Å². The van der Waals surface area contributed by atoms with Gasteiger partial charge in [0.05, 0.1) is 5.71 Å². The molecule has 2 aromatic carbocycles. The van der Waals surface area contributed by atoms with Crippen molar-refractivity contribution in [3.8, 4) is 0 Å². The van der Waals surface area contributed by atoms with Crippen LogP contribution in [0.3, 0.4) is 0 Å². The zero-order chi connectivity index (χ0) is 14.2. The number of benzene rings is 2. The lowest BCUT2D eigenvalue weighted by molar-refractivity contribution is 0.0955. The summed E-state index contributed by atoms with van der Waals surface area (Å²) in [5, 5.41) is 4.05. The highest BCUT2D eigenvalue weighted by Gasteiger charge is 2.01. The largest absolute Gasteiger partial charge is 0.271 e. The van der Waals surface area contributed by atoms with Gasteiger partial charge in [-0.25, -0.2) is 5.43 Å². The molecule has 2 rings (SSSR count). The van der Waals surface area contributed by atoms with E-state index in [0.717, 1.165) is 11.3 Å². The molecule has 0 aliphatic heterocycles. The van der Waals surface area contributed by atoms with Gasteiger partial charge in [-0.15, -0.1) is 0 Å². The van der Waals surface area contributed by atoms with Crippen LogP contribution in [-0.4, -0.2) is 11.6 Å². The van der Waals surface area contributed by atoms with Crippen molar-refractivity contribution in [2.75, 3.05) is 0 Å². The van der Waals surface area contributed by atoms with Crippen LogP contribution in [-0.2, 0) is 0 Å². The topological polar surface area (TPSA) is 41.5 Å². The third-order valence-electron chi connectivity index (χ3n) is 2.69. The summed E-state index contributed by atoms with van der Waals surface area (Å²) in [5.41, 5.74) is 4.95. The zero-order valence-electron chi connectivity index (χ0n) is 11.3. The molecular weight excluding hydrogens is 248 g/mol. The second kappa shape index (κ2) is 7.04. The summed E-state index contributed by atoms with van der Waals surface area (Å²) >= 11 is 0. The Labute approximate surface area is 118 Å². The SMILES string of the molecule is CC(/C=C\c1ccccc1)=N\NC(=O)c1ccccc1.